The van der Waals surface area contributed by atoms with Gasteiger partial charge in [-0.1, -0.05) is 18.2 Å². The van der Waals surface area contributed by atoms with Gasteiger partial charge in [0.25, 0.3) is 0 Å². The van der Waals surface area contributed by atoms with Gasteiger partial charge in [-0.25, -0.2) is 4.57 Å². The molecule has 104 valence electrons. The standard InChI is InChI=1S/C13H19N2O3P/c1-11(2)17-19(16,18-12(3)4)15-10-14-13-8-6-5-7-9-13/h5-9,11-12H,1-4H3. The van der Waals surface area contributed by atoms with Gasteiger partial charge in [0, 0.05) is 0 Å². The first-order valence-corrected chi connectivity index (χ1v) is 7.61. The van der Waals surface area contributed by atoms with Crippen LogP contribution in [0.3, 0.4) is 0 Å². The van der Waals surface area contributed by atoms with Gasteiger partial charge in [0.05, 0.1) is 17.9 Å². The molecule has 0 radical (unpaired) electrons. The van der Waals surface area contributed by atoms with Crippen LogP contribution >= 0.6 is 7.75 Å². The fourth-order valence-electron chi connectivity index (χ4n) is 1.24. The average molecular weight is 282 g/mol. The van der Waals surface area contributed by atoms with Crippen LogP contribution in [0.15, 0.2) is 40.1 Å². The van der Waals surface area contributed by atoms with Gasteiger partial charge in [0.1, 0.15) is 6.01 Å². The van der Waals surface area contributed by atoms with Gasteiger partial charge in [-0.3, -0.25) is 9.05 Å². The van der Waals surface area contributed by atoms with Crippen molar-refractivity contribution in [2.45, 2.75) is 39.9 Å². The maximum Gasteiger partial charge on any atom is 0.463 e. The second-order valence-electron chi connectivity index (χ2n) is 4.42. The van der Waals surface area contributed by atoms with Crippen molar-refractivity contribution in [2.24, 2.45) is 9.76 Å². The Labute approximate surface area is 114 Å². The highest BCUT2D eigenvalue weighted by Gasteiger charge is 2.26. The first-order chi connectivity index (χ1) is 8.91. The van der Waals surface area contributed by atoms with Crippen molar-refractivity contribution in [3.05, 3.63) is 30.3 Å². The maximum atomic E-state index is 12.3. The number of aliphatic imine (C=N–C) groups is 1. The van der Waals surface area contributed by atoms with Crippen LogP contribution in [0.1, 0.15) is 27.7 Å². The maximum absolute atomic E-state index is 12.3. The molecule has 0 saturated carbocycles. The molecule has 19 heavy (non-hydrogen) atoms. The van der Waals surface area contributed by atoms with E-state index in [2.05, 4.69) is 15.8 Å². The van der Waals surface area contributed by atoms with E-state index in [1.807, 2.05) is 18.2 Å². The number of rotatable bonds is 6. The smallest absolute Gasteiger partial charge is 0.288 e. The molecule has 1 rings (SSSR count). The molecule has 1 aromatic carbocycles. The fraction of sp³-hybridized carbons (Fsp3) is 0.462. The quantitative estimate of drug-likeness (QED) is 0.572. The normalized spacial score (nSPS) is 11.5. The first-order valence-electron chi connectivity index (χ1n) is 6.11. The molecular weight excluding hydrogens is 263 g/mol. The van der Waals surface area contributed by atoms with Crippen LogP contribution in [0.2, 0.25) is 0 Å². The average Bonchev–Trinajstić information content (AvgIpc) is 2.27. The van der Waals surface area contributed by atoms with Crippen LogP contribution in [0.5, 0.6) is 0 Å². The lowest BCUT2D eigenvalue weighted by atomic mass is 10.3. The molecule has 0 N–H and O–H groups in total. The third kappa shape index (κ3) is 6.46. The molecule has 1 aromatic rings. The van der Waals surface area contributed by atoms with Gasteiger partial charge in [-0.05, 0) is 39.8 Å². The SMILES string of the molecule is CC(C)OP(=O)(N=C=Nc1ccccc1)OC(C)C. The summed E-state index contributed by atoms with van der Waals surface area (Å²) in [6, 6.07) is 11.5. The van der Waals surface area contributed by atoms with Crippen molar-refractivity contribution in [1.29, 1.82) is 0 Å². The van der Waals surface area contributed by atoms with Crippen LogP contribution in [0, 0.1) is 0 Å². The summed E-state index contributed by atoms with van der Waals surface area (Å²) < 4.78 is 26.5. The molecule has 0 fully saturated rings. The molecule has 0 atom stereocenters. The molecule has 0 aromatic heterocycles. The molecule has 0 aliphatic carbocycles. The van der Waals surface area contributed by atoms with Gasteiger partial charge in [-0.2, -0.15) is 4.99 Å². The van der Waals surface area contributed by atoms with Crippen LogP contribution in [0.25, 0.3) is 0 Å². The molecule has 0 amide bonds. The van der Waals surface area contributed by atoms with Gasteiger partial charge >= 0.3 is 7.75 Å². The zero-order valence-electron chi connectivity index (χ0n) is 11.6. The lowest BCUT2D eigenvalue weighted by Gasteiger charge is -2.16. The zero-order valence-corrected chi connectivity index (χ0v) is 12.5. The Morgan fingerprint density at radius 3 is 2.05 bits per heavy atom. The Kier molecular flexibility index (Phi) is 6.13. The van der Waals surface area contributed by atoms with Crippen molar-refractivity contribution in [2.75, 3.05) is 0 Å². The summed E-state index contributed by atoms with van der Waals surface area (Å²) in [5, 5.41) is 0. The third-order valence-electron chi connectivity index (χ3n) is 1.79. The van der Waals surface area contributed by atoms with Crippen LogP contribution in [-0.4, -0.2) is 18.2 Å². The van der Waals surface area contributed by atoms with Crippen molar-refractivity contribution in [3.63, 3.8) is 0 Å². The molecule has 0 spiro atoms. The van der Waals surface area contributed by atoms with Crippen molar-refractivity contribution in [3.8, 4) is 0 Å². The van der Waals surface area contributed by atoms with Crippen LogP contribution in [-0.2, 0) is 13.6 Å². The second-order valence-corrected chi connectivity index (χ2v) is 5.98. The summed E-state index contributed by atoms with van der Waals surface area (Å²) in [5.74, 6) is 0. The van der Waals surface area contributed by atoms with E-state index in [4.69, 9.17) is 9.05 Å². The Bertz CT molecular complexity index is 480. The lowest BCUT2D eigenvalue weighted by molar-refractivity contribution is 0.143. The molecule has 0 aliphatic rings. The van der Waals surface area contributed by atoms with Crippen molar-refractivity contribution >= 4 is 19.4 Å². The number of benzene rings is 1. The molecule has 0 saturated heterocycles. The Morgan fingerprint density at radius 1 is 1.05 bits per heavy atom. The highest BCUT2D eigenvalue weighted by molar-refractivity contribution is 7.52. The lowest BCUT2D eigenvalue weighted by Crippen LogP contribution is -2.06. The topological polar surface area (TPSA) is 60.2 Å². The monoisotopic (exact) mass is 282 g/mol. The van der Waals surface area contributed by atoms with E-state index in [-0.39, 0.29) is 12.2 Å². The number of hydrogen-bond donors (Lipinski definition) is 0. The minimum absolute atomic E-state index is 0.258. The highest BCUT2D eigenvalue weighted by Crippen LogP contribution is 2.51. The first kappa shape index (κ1) is 15.8. The number of para-hydroxylation sites is 1. The summed E-state index contributed by atoms with van der Waals surface area (Å²) in [6.07, 6.45) is -0.515. The van der Waals surface area contributed by atoms with Crippen molar-refractivity contribution in [1.82, 2.24) is 0 Å². The summed E-state index contributed by atoms with van der Waals surface area (Å²) in [4.78, 5) is 3.96. The molecular formula is C13H19N2O3P. The molecule has 0 unspecified atom stereocenters. The molecule has 5 nitrogen and oxygen atoms in total. The van der Waals surface area contributed by atoms with E-state index in [1.54, 1.807) is 39.8 Å². The van der Waals surface area contributed by atoms with Crippen LogP contribution < -0.4 is 0 Å². The largest absolute Gasteiger partial charge is 0.463 e. The van der Waals surface area contributed by atoms with E-state index >= 15 is 0 Å². The Balaban J connectivity index is 2.88. The molecule has 0 bridgehead atoms. The van der Waals surface area contributed by atoms with Crippen molar-refractivity contribution < 1.29 is 13.6 Å². The molecule has 6 heteroatoms. The van der Waals surface area contributed by atoms with E-state index in [0.717, 1.165) is 0 Å². The van der Waals surface area contributed by atoms with E-state index in [9.17, 15) is 4.57 Å². The fourth-order valence-corrected chi connectivity index (χ4v) is 2.61. The van der Waals surface area contributed by atoms with Gasteiger partial charge in [0.2, 0.25) is 0 Å². The summed E-state index contributed by atoms with van der Waals surface area (Å²) >= 11 is 0. The van der Waals surface area contributed by atoms with Crippen LogP contribution in [0.4, 0.5) is 5.69 Å². The summed E-state index contributed by atoms with van der Waals surface area (Å²) in [5.41, 5.74) is 0.673. The van der Waals surface area contributed by atoms with Gasteiger partial charge in [0.15, 0.2) is 0 Å². The number of hydrogen-bond acceptors (Lipinski definition) is 4. The van der Waals surface area contributed by atoms with Gasteiger partial charge < -0.3 is 0 Å². The molecule has 0 heterocycles. The summed E-state index contributed by atoms with van der Waals surface area (Å²) in [6.45, 7) is 7.06. The minimum Gasteiger partial charge on any atom is -0.288 e. The summed E-state index contributed by atoms with van der Waals surface area (Å²) in [7, 11) is -3.55. The predicted molar refractivity (Wildman–Crippen MR) is 76.0 cm³/mol. The van der Waals surface area contributed by atoms with E-state index in [0.29, 0.717) is 5.69 Å². The van der Waals surface area contributed by atoms with E-state index < -0.39 is 7.75 Å². The second kappa shape index (κ2) is 7.37. The Morgan fingerprint density at radius 2 is 1.58 bits per heavy atom. The van der Waals surface area contributed by atoms with E-state index in [1.165, 1.54) is 0 Å². The Hall–Kier alpha value is -1.25. The zero-order chi connectivity index (χ0) is 14.3. The minimum atomic E-state index is -3.55. The number of nitrogens with zero attached hydrogens (tertiary/aromatic N) is 2. The highest BCUT2D eigenvalue weighted by atomic mass is 31.2. The molecule has 0 aliphatic heterocycles. The third-order valence-corrected chi connectivity index (χ3v) is 3.50. The predicted octanol–water partition coefficient (Wildman–Crippen LogP) is 4.45. The van der Waals surface area contributed by atoms with Gasteiger partial charge in [-0.15, -0.1) is 4.76 Å².